The summed E-state index contributed by atoms with van der Waals surface area (Å²) in [5.74, 6) is -1.28. The fourth-order valence-electron chi connectivity index (χ4n) is 2.84. The summed E-state index contributed by atoms with van der Waals surface area (Å²) in [7, 11) is 0. The van der Waals surface area contributed by atoms with E-state index in [2.05, 4.69) is 0 Å². The molecule has 3 atom stereocenters. The lowest BCUT2D eigenvalue weighted by Gasteiger charge is -2.28. The lowest BCUT2D eigenvalue weighted by molar-refractivity contribution is -0.155. The fourth-order valence-corrected chi connectivity index (χ4v) is 2.84. The fraction of sp³-hybridized carbons (Fsp3) is 0.529. The van der Waals surface area contributed by atoms with Crippen LogP contribution in [0.1, 0.15) is 27.2 Å². The Hall–Kier alpha value is -2.08. The van der Waals surface area contributed by atoms with Gasteiger partial charge in [-0.05, 0) is 32.8 Å². The number of rotatable bonds is 5. The van der Waals surface area contributed by atoms with Gasteiger partial charge in [0, 0.05) is 12.1 Å². The van der Waals surface area contributed by atoms with Crippen molar-refractivity contribution in [2.24, 2.45) is 11.7 Å². The van der Waals surface area contributed by atoms with Gasteiger partial charge in [-0.25, -0.2) is 0 Å². The molecular weight excluding hydrogens is 296 g/mol. The number of nitrogens with zero attached hydrogens (tertiary/aromatic N) is 1. The number of esters is 1. The Bertz CT molecular complexity index is 572. The summed E-state index contributed by atoms with van der Waals surface area (Å²) < 4.78 is 5.36. The monoisotopic (exact) mass is 320 g/mol. The van der Waals surface area contributed by atoms with Crippen LogP contribution in [0.5, 0.6) is 0 Å². The molecule has 2 unspecified atom stereocenters. The van der Waals surface area contributed by atoms with E-state index < -0.39 is 17.6 Å². The summed E-state index contributed by atoms with van der Waals surface area (Å²) in [6.07, 6.45) is 9.99. The predicted octanol–water partition coefficient (Wildman–Crippen LogP) is 1.44. The van der Waals surface area contributed by atoms with E-state index in [1.165, 1.54) is 0 Å². The van der Waals surface area contributed by atoms with Crippen molar-refractivity contribution in [3.63, 3.8) is 0 Å². The average molecular weight is 320 g/mol. The van der Waals surface area contributed by atoms with E-state index in [-0.39, 0.29) is 30.9 Å². The van der Waals surface area contributed by atoms with E-state index >= 15 is 0 Å². The van der Waals surface area contributed by atoms with Crippen molar-refractivity contribution in [2.75, 3.05) is 6.54 Å². The molecule has 6 nitrogen and oxygen atoms in total. The summed E-state index contributed by atoms with van der Waals surface area (Å²) in [4.78, 5) is 25.0. The summed E-state index contributed by atoms with van der Waals surface area (Å²) in [6, 6.07) is -0.939. The Balaban J connectivity index is 2.10. The number of carbonyl (C=O) groups excluding carboxylic acids is 1. The van der Waals surface area contributed by atoms with Crippen LogP contribution >= 0.6 is 0 Å². The van der Waals surface area contributed by atoms with E-state index in [0.717, 1.165) is 5.57 Å². The third kappa shape index (κ3) is 4.45. The Morgan fingerprint density at radius 2 is 2.00 bits per heavy atom. The van der Waals surface area contributed by atoms with Gasteiger partial charge in [0.1, 0.15) is 18.2 Å². The molecule has 1 aliphatic carbocycles. The molecule has 0 saturated heterocycles. The van der Waals surface area contributed by atoms with E-state index in [9.17, 15) is 9.59 Å². The van der Waals surface area contributed by atoms with Crippen LogP contribution in [0.4, 0.5) is 0 Å². The second-order valence-corrected chi connectivity index (χ2v) is 6.90. The smallest absolute Gasteiger partial charge is 0.326 e. The van der Waals surface area contributed by atoms with Crippen LogP contribution in [-0.2, 0) is 14.3 Å². The maximum Gasteiger partial charge on any atom is 0.326 e. The minimum absolute atomic E-state index is 0.00325. The van der Waals surface area contributed by atoms with Gasteiger partial charge in [0.2, 0.25) is 0 Å². The Morgan fingerprint density at radius 3 is 2.61 bits per heavy atom. The first-order valence-corrected chi connectivity index (χ1v) is 7.69. The summed E-state index contributed by atoms with van der Waals surface area (Å²) in [5, 5.41) is 9.01. The number of hydrogen-bond donors (Lipinski definition) is 2. The van der Waals surface area contributed by atoms with Gasteiger partial charge in [-0.15, -0.1) is 0 Å². The normalized spacial score (nSPS) is 24.2. The van der Waals surface area contributed by atoms with Crippen LogP contribution in [0.25, 0.3) is 0 Å². The first-order chi connectivity index (χ1) is 10.7. The second kappa shape index (κ2) is 6.58. The number of carbonyl (C=O) groups is 2. The third-order valence-electron chi connectivity index (χ3n) is 3.75. The molecule has 0 aromatic heterocycles. The molecular formula is C17H24N2O4. The summed E-state index contributed by atoms with van der Waals surface area (Å²) in [5.41, 5.74) is 6.05. The molecule has 1 heterocycles. The van der Waals surface area contributed by atoms with Crippen LogP contribution in [0.3, 0.4) is 0 Å². The number of fused-ring (bicyclic) bond motifs is 1. The Labute approximate surface area is 136 Å². The number of allylic oxidation sites excluding steroid dienone is 2. The molecule has 0 aromatic rings. The van der Waals surface area contributed by atoms with Crippen molar-refractivity contribution in [1.82, 2.24) is 4.90 Å². The van der Waals surface area contributed by atoms with E-state index in [1.807, 2.05) is 56.2 Å². The van der Waals surface area contributed by atoms with Crippen LogP contribution in [0.2, 0.25) is 0 Å². The van der Waals surface area contributed by atoms with Gasteiger partial charge in [0.15, 0.2) is 0 Å². The molecule has 0 bridgehead atoms. The number of aliphatic carboxylic acids is 1. The maximum absolute atomic E-state index is 12.1. The second-order valence-electron chi connectivity index (χ2n) is 6.90. The highest BCUT2D eigenvalue weighted by atomic mass is 16.6. The molecule has 1 aliphatic heterocycles. The zero-order valence-corrected chi connectivity index (χ0v) is 13.7. The number of nitrogens with two attached hydrogens (primary N) is 1. The zero-order valence-electron chi connectivity index (χ0n) is 13.7. The molecule has 0 fully saturated rings. The lowest BCUT2D eigenvalue weighted by Crippen LogP contribution is -2.37. The van der Waals surface area contributed by atoms with Gasteiger partial charge in [0.25, 0.3) is 0 Å². The Morgan fingerprint density at radius 1 is 1.35 bits per heavy atom. The number of carboxylic acids is 1. The van der Waals surface area contributed by atoms with Crippen molar-refractivity contribution >= 4 is 11.9 Å². The molecule has 0 spiro atoms. The van der Waals surface area contributed by atoms with Gasteiger partial charge in [0.05, 0.1) is 6.04 Å². The number of hydrogen-bond acceptors (Lipinski definition) is 5. The van der Waals surface area contributed by atoms with Crippen LogP contribution < -0.4 is 5.73 Å². The molecule has 2 rings (SSSR count). The largest absolute Gasteiger partial charge is 0.480 e. The third-order valence-corrected chi connectivity index (χ3v) is 3.75. The molecule has 23 heavy (non-hydrogen) atoms. The highest BCUT2D eigenvalue weighted by molar-refractivity contribution is 5.74. The standard InChI is InChI=1S/C17H24N2O4/c1-17(2,3)23-15(20)10-19-9-11(8-13(18)16(21)22)12-6-4-5-7-14(12)19/h4-7,9,12-14H,8,10,18H2,1-3H3,(H,21,22)/t12?,13-,14?/m0/s1. The summed E-state index contributed by atoms with van der Waals surface area (Å²) >= 11 is 0. The lowest BCUT2D eigenvalue weighted by atomic mass is 9.88. The molecule has 126 valence electrons. The van der Waals surface area contributed by atoms with E-state index in [4.69, 9.17) is 15.6 Å². The Kier molecular flexibility index (Phi) is 4.94. The maximum atomic E-state index is 12.1. The quantitative estimate of drug-likeness (QED) is 0.745. The number of ether oxygens (including phenoxy) is 1. The summed E-state index contributed by atoms with van der Waals surface area (Å²) in [6.45, 7) is 5.61. The highest BCUT2D eigenvalue weighted by Crippen LogP contribution is 2.35. The van der Waals surface area contributed by atoms with Crippen molar-refractivity contribution in [2.45, 2.75) is 44.9 Å². The highest BCUT2D eigenvalue weighted by Gasteiger charge is 2.35. The molecule has 0 aromatic carbocycles. The first-order valence-electron chi connectivity index (χ1n) is 7.69. The van der Waals surface area contributed by atoms with Crippen LogP contribution in [-0.4, -0.2) is 46.2 Å². The average Bonchev–Trinajstić information content (AvgIpc) is 2.75. The predicted molar refractivity (Wildman–Crippen MR) is 86.4 cm³/mol. The van der Waals surface area contributed by atoms with Crippen LogP contribution in [0.15, 0.2) is 36.1 Å². The van der Waals surface area contributed by atoms with Gasteiger partial charge in [-0.1, -0.05) is 24.3 Å². The van der Waals surface area contributed by atoms with Crippen molar-refractivity contribution in [3.05, 3.63) is 36.1 Å². The van der Waals surface area contributed by atoms with Gasteiger partial charge in [-0.2, -0.15) is 0 Å². The van der Waals surface area contributed by atoms with Crippen molar-refractivity contribution in [3.8, 4) is 0 Å². The molecule has 3 N–H and O–H groups in total. The molecule has 6 heteroatoms. The zero-order chi connectivity index (χ0) is 17.2. The van der Waals surface area contributed by atoms with E-state index in [0.29, 0.717) is 0 Å². The molecule has 0 amide bonds. The minimum Gasteiger partial charge on any atom is -0.480 e. The topological polar surface area (TPSA) is 92.9 Å². The van der Waals surface area contributed by atoms with E-state index in [1.54, 1.807) is 0 Å². The van der Waals surface area contributed by atoms with Crippen LogP contribution in [0, 0.1) is 5.92 Å². The number of carboxylic acid groups (broad SMARTS) is 1. The SMILES string of the molecule is CC(C)(C)OC(=O)CN1C=C(C[C@H](N)C(=O)O)C2C=CC=CC21. The molecule has 0 saturated carbocycles. The van der Waals surface area contributed by atoms with Crippen molar-refractivity contribution < 1.29 is 19.4 Å². The van der Waals surface area contributed by atoms with Crippen molar-refractivity contribution in [1.29, 1.82) is 0 Å². The molecule has 2 aliphatic rings. The van der Waals surface area contributed by atoms with Gasteiger partial charge >= 0.3 is 11.9 Å². The molecule has 0 radical (unpaired) electrons. The van der Waals surface area contributed by atoms with Gasteiger partial charge in [-0.3, -0.25) is 9.59 Å². The van der Waals surface area contributed by atoms with Gasteiger partial charge < -0.3 is 20.5 Å². The first kappa shape index (κ1) is 17.3. The minimum atomic E-state index is -1.02.